The van der Waals surface area contributed by atoms with E-state index < -0.39 is 0 Å². The van der Waals surface area contributed by atoms with Gasteiger partial charge >= 0.3 is 0 Å². The fourth-order valence-corrected chi connectivity index (χ4v) is 2.24. The molecule has 0 amide bonds. The lowest BCUT2D eigenvalue weighted by Gasteiger charge is -2.22. The molecule has 0 saturated heterocycles. The van der Waals surface area contributed by atoms with Crippen molar-refractivity contribution >= 4 is 21.6 Å². The number of hydrogen-bond acceptors (Lipinski definition) is 3. The van der Waals surface area contributed by atoms with Crippen molar-refractivity contribution in [2.45, 2.75) is 13.5 Å². The monoisotopic (exact) mass is 282 g/mol. The maximum atomic E-state index is 9.00. The molecule has 1 N–H and O–H groups in total. The van der Waals surface area contributed by atoms with Crippen LogP contribution in [0.2, 0.25) is 0 Å². The zero-order valence-electron chi connectivity index (χ0n) is 9.44. The van der Waals surface area contributed by atoms with Crippen LogP contribution in [0.4, 0.5) is 5.69 Å². The summed E-state index contributed by atoms with van der Waals surface area (Å²) in [6.45, 7) is 2.62. The molecule has 0 aliphatic carbocycles. The van der Waals surface area contributed by atoms with E-state index in [9.17, 15) is 0 Å². The molecule has 0 aromatic heterocycles. The molecule has 0 aliphatic heterocycles. The van der Waals surface area contributed by atoms with Gasteiger partial charge in [0, 0.05) is 18.1 Å². The third-order valence-corrected chi connectivity index (χ3v) is 3.01. The second kappa shape index (κ2) is 5.88. The number of hydrogen-bond donors (Lipinski definition) is 1. The van der Waals surface area contributed by atoms with Gasteiger partial charge in [-0.3, -0.25) is 0 Å². The number of aliphatic hydroxyl groups is 1. The summed E-state index contributed by atoms with van der Waals surface area (Å²) < 4.78 is 0.937. The zero-order valence-corrected chi connectivity index (χ0v) is 11.0. The Hall–Kier alpha value is -1.05. The number of anilines is 1. The molecule has 0 bridgehead atoms. The van der Waals surface area contributed by atoms with Crippen LogP contribution in [0.25, 0.3) is 0 Å². The number of rotatable bonds is 4. The molecular formula is C12H15BrN2O. The van der Waals surface area contributed by atoms with E-state index in [4.69, 9.17) is 10.4 Å². The van der Waals surface area contributed by atoms with Gasteiger partial charge in [-0.05, 0) is 40.5 Å². The Kier molecular flexibility index (Phi) is 4.78. The lowest BCUT2D eigenvalue weighted by molar-refractivity contribution is 0.282. The second-order valence-electron chi connectivity index (χ2n) is 3.85. The minimum atomic E-state index is -0.00517. The van der Waals surface area contributed by atoms with E-state index in [-0.39, 0.29) is 12.5 Å². The molecule has 1 atom stereocenters. The molecular weight excluding hydrogens is 268 g/mol. The highest BCUT2D eigenvalue weighted by molar-refractivity contribution is 9.10. The van der Waals surface area contributed by atoms with Gasteiger partial charge in [0.05, 0.1) is 24.3 Å². The van der Waals surface area contributed by atoms with Crippen molar-refractivity contribution in [1.29, 1.82) is 5.26 Å². The molecule has 1 rings (SSSR count). The van der Waals surface area contributed by atoms with E-state index in [1.54, 1.807) is 0 Å². The SMILES string of the molecule is CC(C#N)CN(C)c1ccc(CO)cc1Br. The van der Waals surface area contributed by atoms with Crippen molar-refractivity contribution in [2.24, 2.45) is 5.92 Å². The Morgan fingerprint density at radius 1 is 1.56 bits per heavy atom. The van der Waals surface area contributed by atoms with Crippen LogP contribution >= 0.6 is 15.9 Å². The first-order valence-corrected chi connectivity index (χ1v) is 5.87. The van der Waals surface area contributed by atoms with E-state index in [1.165, 1.54) is 0 Å². The molecule has 4 heteroatoms. The van der Waals surface area contributed by atoms with Crippen LogP contribution in [0.1, 0.15) is 12.5 Å². The van der Waals surface area contributed by atoms with Crippen molar-refractivity contribution < 1.29 is 5.11 Å². The Morgan fingerprint density at radius 3 is 2.75 bits per heavy atom. The summed E-state index contributed by atoms with van der Waals surface area (Å²) in [4.78, 5) is 2.03. The van der Waals surface area contributed by atoms with Crippen LogP contribution in [-0.4, -0.2) is 18.7 Å². The first-order valence-electron chi connectivity index (χ1n) is 5.08. The Balaban J connectivity index is 2.84. The maximum absolute atomic E-state index is 9.00. The smallest absolute Gasteiger partial charge is 0.0682 e. The number of aliphatic hydroxyl groups excluding tert-OH is 1. The average molecular weight is 283 g/mol. The van der Waals surface area contributed by atoms with E-state index in [1.807, 2.05) is 37.1 Å². The van der Waals surface area contributed by atoms with E-state index >= 15 is 0 Å². The lowest BCUT2D eigenvalue weighted by Crippen LogP contribution is -2.23. The number of benzene rings is 1. The molecule has 0 spiro atoms. The van der Waals surface area contributed by atoms with Crippen molar-refractivity contribution in [3.05, 3.63) is 28.2 Å². The molecule has 16 heavy (non-hydrogen) atoms. The predicted molar refractivity (Wildman–Crippen MR) is 68.1 cm³/mol. The van der Waals surface area contributed by atoms with Gasteiger partial charge in [-0.15, -0.1) is 0 Å². The van der Waals surface area contributed by atoms with Crippen molar-refractivity contribution in [3.63, 3.8) is 0 Å². The van der Waals surface area contributed by atoms with Gasteiger partial charge in [-0.2, -0.15) is 5.26 Å². The van der Waals surface area contributed by atoms with Gasteiger partial charge in [-0.1, -0.05) is 6.07 Å². The first kappa shape index (κ1) is 13.0. The predicted octanol–water partition coefficient (Wildman–Crippen LogP) is 2.54. The highest BCUT2D eigenvalue weighted by Crippen LogP contribution is 2.27. The molecule has 0 aliphatic rings. The number of nitriles is 1. The fourth-order valence-electron chi connectivity index (χ4n) is 1.51. The summed E-state index contributed by atoms with van der Waals surface area (Å²) in [5.41, 5.74) is 1.90. The van der Waals surface area contributed by atoms with Crippen LogP contribution in [0.5, 0.6) is 0 Å². The van der Waals surface area contributed by atoms with Crippen LogP contribution in [0.15, 0.2) is 22.7 Å². The Morgan fingerprint density at radius 2 is 2.25 bits per heavy atom. The van der Waals surface area contributed by atoms with Gasteiger partial charge < -0.3 is 10.0 Å². The second-order valence-corrected chi connectivity index (χ2v) is 4.71. The number of nitrogens with zero attached hydrogens (tertiary/aromatic N) is 2. The highest BCUT2D eigenvalue weighted by Gasteiger charge is 2.09. The summed E-state index contributed by atoms with van der Waals surface area (Å²) in [7, 11) is 1.95. The first-order chi connectivity index (χ1) is 7.58. The Labute approximate surface area is 104 Å². The summed E-state index contributed by atoms with van der Waals surface area (Å²) in [6, 6.07) is 7.93. The summed E-state index contributed by atoms with van der Waals surface area (Å²) >= 11 is 3.46. The van der Waals surface area contributed by atoms with Gasteiger partial charge in [0.15, 0.2) is 0 Å². The van der Waals surface area contributed by atoms with Gasteiger partial charge in [0.1, 0.15) is 0 Å². The van der Waals surface area contributed by atoms with E-state index in [0.29, 0.717) is 6.54 Å². The minimum absolute atomic E-state index is 0.00517. The average Bonchev–Trinajstić information content (AvgIpc) is 2.28. The third-order valence-electron chi connectivity index (χ3n) is 2.37. The lowest BCUT2D eigenvalue weighted by atomic mass is 10.1. The van der Waals surface area contributed by atoms with Crippen LogP contribution in [0.3, 0.4) is 0 Å². The minimum Gasteiger partial charge on any atom is -0.392 e. The normalized spacial score (nSPS) is 11.9. The molecule has 86 valence electrons. The van der Waals surface area contributed by atoms with Crippen LogP contribution < -0.4 is 4.90 Å². The topological polar surface area (TPSA) is 47.3 Å². The van der Waals surface area contributed by atoms with Crippen molar-refractivity contribution in [2.75, 3.05) is 18.5 Å². The summed E-state index contributed by atoms with van der Waals surface area (Å²) in [5.74, 6) is -0.00517. The van der Waals surface area contributed by atoms with E-state index in [2.05, 4.69) is 22.0 Å². The van der Waals surface area contributed by atoms with Crippen molar-refractivity contribution in [1.82, 2.24) is 0 Å². The molecule has 1 aromatic carbocycles. The molecule has 0 saturated carbocycles. The van der Waals surface area contributed by atoms with Gasteiger partial charge in [0.2, 0.25) is 0 Å². The van der Waals surface area contributed by atoms with Gasteiger partial charge in [0.25, 0.3) is 0 Å². The largest absolute Gasteiger partial charge is 0.392 e. The molecule has 0 radical (unpaired) electrons. The summed E-state index contributed by atoms with van der Waals surface area (Å²) in [6.07, 6.45) is 0. The Bertz CT molecular complexity index is 400. The molecule has 0 fully saturated rings. The highest BCUT2D eigenvalue weighted by atomic mass is 79.9. The van der Waals surface area contributed by atoms with Gasteiger partial charge in [-0.25, -0.2) is 0 Å². The van der Waals surface area contributed by atoms with Crippen LogP contribution in [-0.2, 0) is 6.61 Å². The molecule has 1 aromatic rings. The fraction of sp³-hybridized carbons (Fsp3) is 0.417. The zero-order chi connectivity index (χ0) is 12.1. The third kappa shape index (κ3) is 3.22. The van der Waals surface area contributed by atoms with Crippen LogP contribution in [0, 0.1) is 17.2 Å². The molecule has 1 unspecified atom stereocenters. The standard InChI is InChI=1S/C12H15BrN2O/c1-9(6-14)7-15(2)12-4-3-10(8-16)5-11(12)13/h3-5,9,16H,7-8H2,1-2H3. The quantitative estimate of drug-likeness (QED) is 0.923. The molecule has 0 heterocycles. The maximum Gasteiger partial charge on any atom is 0.0682 e. The number of halogens is 1. The van der Waals surface area contributed by atoms with Crippen molar-refractivity contribution in [3.8, 4) is 6.07 Å². The molecule has 3 nitrogen and oxygen atoms in total. The van der Waals surface area contributed by atoms with E-state index in [0.717, 1.165) is 15.7 Å². The summed E-state index contributed by atoms with van der Waals surface area (Å²) in [5, 5.41) is 17.8.